The Balaban J connectivity index is 1.15. The third-order valence-electron chi connectivity index (χ3n) is 9.31. The maximum absolute atomic E-state index is 6.27. The van der Waals surface area contributed by atoms with Gasteiger partial charge in [-0.15, -0.1) is 0 Å². The smallest absolute Gasteiger partial charge is 0.0346 e. The van der Waals surface area contributed by atoms with Crippen molar-refractivity contribution in [1.29, 1.82) is 0 Å². The van der Waals surface area contributed by atoms with Crippen molar-refractivity contribution in [3.63, 3.8) is 0 Å². The minimum Gasteiger partial charge on any atom is -0.399 e. The van der Waals surface area contributed by atoms with E-state index in [1.165, 1.54) is 115 Å². The van der Waals surface area contributed by atoms with E-state index in [4.69, 9.17) is 11.5 Å². The Hall–Kier alpha value is -3.52. The normalized spacial score (nSPS) is 11.2. The SMILES string of the molecule is CCCCCCc1cc(Cc2ccc(CCCCCc3ccc(Cc4ccc(N)c(CCCCCC)c4)cc3)cc2)ccc1N. The summed E-state index contributed by atoms with van der Waals surface area (Å²) < 4.78 is 0. The number of rotatable bonds is 20. The number of aryl methyl sites for hydroxylation is 4. The Kier molecular flexibility index (Phi) is 14.6. The van der Waals surface area contributed by atoms with Crippen LogP contribution in [0.1, 0.15) is 129 Å². The van der Waals surface area contributed by atoms with E-state index in [0.29, 0.717) is 0 Å². The fraction of sp³-hybridized carbons (Fsp3) is 0.442. The Morgan fingerprint density at radius 3 is 1.09 bits per heavy atom. The van der Waals surface area contributed by atoms with Gasteiger partial charge in [-0.2, -0.15) is 0 Å². The van der Waals surface area contributed by atoms with Crippen molar-refractivity contribution >= 4 is 11.4 Å². The first-order valence-corrected chi connectivity index (χ1v) is 17.9. The molecule has 2 nitrogen and oxygen atoms in total. The molecule has 0 bridgehead atoms. The van der Waals surface area contributed by atoms with Gasteiger partial charge in [0.15, 0.2) is 0 Å². The molecule has 0 aliphatic heterocycles. The second kappa shape index (κ2) is 19.1. The van der Waals surface area contributed by atoms with Crippen LogP contribution in [0.2, 0.25) is 0 Å². The van der Waals surface area contributed by atoms with Gasteiger partial charge in [-0.25, -0.2) is 0 Å². The molecule has 2 heteroatoms. The van der Waals surface area contributed by atoms with Gasteiger partial charge < -0.3 is 11.5 Å². The van der Waals surface area contributed by atoms with E-state index < -0.39 is 0 Å². The zero-order chi connectivity index (χ0) is 31.7. The van der Waals surface area contributed by atoms with Crippen LogP contribution < -0.4 is 11.5 Å². The first-order valence-electron chi connectivity index (χ1n) is 17.9. The number of benzene rings is 4. The maximum Gasteiger partial charge on any atom is 0.0346 e. The second-order valence-corrected chi connectivity index (χ2v) is 13.2. The lowest BCUT2D eigenvalue weighted by atomic mass is 9.97. The second-order valence-electron chi connectivity index (χ2n) is 13.2. The summed E-state index contributed by atoms with van der Waals surface area (Å²) in [5.41, 5.74) is 25.4. The van der Waals surface area contributed by atoms with E-state index >= 15 is 0 Å². The van der Waals surface area contributed by atoms with Crippen molar-refractivity contribution in [3.05, 3.63) is 129 Å². The minimum atomic E-state index is 0.943. The molecule has 0 aliphatic rings. The van der Waals surface area contributed by atoms with E-state index in [0.717, 1.165) is 49.9 Å². The Morgan fingerprint density at radius 2 is 0.689 bits per heavy atom. The van der Waals surface area contributed by atoms with Crippen LogP contribution in [0, 0.1) is 0 Å². The van der Waals surface area contributed by atoms with E-state index in [-0.39, 0.29) is 0 Å². The molecule has 0 saturated carbocycles. The molecule has 0 aliphatic carbocycles. The molecule has 0 spiro atoms. The molecule has 0 aromatic heterocycles. The van der Waals surface area contributed by atoms with Crippen LogP contribution in [0.4, 0.5) is 11.4 Å². The molecule has 240 valence electrons. The number of unbranched alkanes of at least 4 members (excludes halogenated alkanes) is 8. The molecule has 4 aromatic rings. The highest BCUT2D eigenvalue weighted by atomic mass is 14.6. The summed E-state index contributed by atoms with van der Waals surface area (Å²) in [5.74, 6) is 0. The lowest BCUT2D eigenvalue weighted by Gasteiger charge is -2.10. The number of anilines is 2. The summed E-state index contributed by atoms with van der Waals surface area (Å²) in [4.78, 5) is 0. The van der Waals surface area contributed by atoms with Crippen molar-refractivity contribution in [2.45, 2.75) is 123 Å². The molecule has 4 N–H and O–H groups in total. The third kappa shape index (κ3) is 12.1. The molecule has 0 heterocycles. The van der Waals surface area contributed by atoms with E-state index in [2.05, 4.69) is 98.8 Å². The highest BCUT2D eigenvalue weighted by Gasteiger charge is 2.06. The topological polar surface area (TPSA) is 52.0 Å². The monoisotopic (exact) mass is 602 g/mol. The highest BCUT2D eigenvalue weighted by Crippen LogP contribution is 2.22. The largest absolute Gasteiger partial charge is 0.399 e. The first kappa shape index (κ1) is 34.4. The van der Waals surface area contributed by atoms with E-state index in [1.807, 2.05) is 0 Å². The molecular formula is C43H58N2. The summed E-state index contributed by atoms with van der Waals surface area (Å²) in [6.07, 6.45) is 20.4. The Labute approximate surface area is 274 Å². The van der Waals surface area contributed by atoms with Gasteiger partial charge in [-0.3, -0.25) is 0 Å². The minimum absolute atomic E-state index is 0.943. The van der Waals surface area contributed by atoms with Gasteiger partial charge in [-0.05, 0) is 121 Å². The van der Waals surface area contributed by atoms with Crippen LogP contribution in [-0.2, 0) is 38.5 Å². The van der Waals surface area contributed by atoms with Gasteiger partial charge in [0.1, 0.15) is 0 Å². The Morgan fingerprint density at radius 1 is 0.356 bits per heavy atom. The predicted molar refractivity (Wildman–Crippen MR) is 197 cm³/mol. The summed E-state index contributed by atoms with van der Waals surface area (Å²) in [5, 5.41) is 0. The molecule has 0 fully saturated rings. The van der Waals surface area contributed by atoms with Crippen molar-refractivity contribution < 1.29 is 0 Å². The molecule has 0 atom stereocenters. The number of hydrogen-bond acceptors (Lipinski definition) is 2. The van der Waals surface area contributed by atoms with Crippen LogP contribution in [0.5, 0.6) is 0 Å². The highest BCUT2D eigenvalue weighted by molar-refractivity contribution is 5.50. The van der Waals surface area contributed by atoms with Gasteiger partial charge in [0.25, 0.3) is 0 Å². The Bertz CT molecular complexity index is 1290. The van der Waals surface area contributed by atoms with Crippen LogP contribution in [0.15, 0.2) is 84.9 Å². The van der Waals surface area contributed by atoms with Crippen LogP contribution in [0.25, 0.3) is 0 Å². The summed E-state index contributed by atoms with van der Waals surface area (Å²) in [6, 6.07) is 31.8. The van der Waals surface area contributed by atoms with Gasteiger partial charge in [0.2, 0.25) is 0 Å². The fourth-order valence-corrected chi connectivity index (χ4v) is 6.41. The lowest BCUT2D eigenvalue weighted by molar-refractivity contribution is 0.667. The molecule has 0 saturated heterocycles. The summed E-state index contributed by atoms with van der Waals surface area (Å²) in [6.45, 7) is 4.52. The molecule has 0 amide bonds. The predicted octanol–water partition coefficient (Wildman–Crippen LogP) is 11.2. The van der Waals surface area contributed by atoms with Gasteiger partial charge in [0, 0.05) is 11.4 Å². The van der Waals surface area contributed by atoms with Gasteiger partial charge in [-0.1, -0.05) is 132 Å². The zero-order valence-corrected chi connectivity index (χ0v) is 28.3. The van der Waals surface area contributed by atoms with Crippen molar-refractivity contribution in [2.75, 3.05) is 11.5 Å². The summed E-state index contributed by atoms with van der Waals surface area (Å²) in [7, 11) is 0. The van der Waals surface area contributed by atoms with Gasteiger partial charge >= 0.3 is 0 Å². The zero-order valence-electron chi connectivity index (χ0n) is 28.3. The average Bonchev–Trinajstić information content (AvgIpc) is 3.05. The van der Waals surface area contributed by atoms with E-state index in [9.17, 15) is 0 Å². The number of nitrogens with two attached hydrogens (primary N) is 2. The van der Waals surface area contributed by atoms with E-state index in [1.54, 1.807) is 0 Å². The first-order chi connectivity index (χ1) is 22.0. The third-order valence-corrected chi connectivity index (χ3v) is 9.31. The fourth-order valence-electron chi connectivity index (χ4n) is 6.41. The number of hydrogen-bond donors (Lipinski definition) is 2. The van der Waals surface area contributed by atoms with Crippen LogP contribution in [0.3, 0.4) is 0 Å². The van der Waals surface area contributed by atoms with Gasteiger partial charge in [0.05, 0.1) is 0 Å². The average molecular weight is 603 g/mol. The molecule has 45 heavy (non-hydrogen) atoms. The van der Waals surface area contributed by atoms with Crippen LogP contribution in [-0.4, -0.2) is 0 Å². The molecule has 4 aromatic carbocycles. The lowest BCUT2D eigenvalue weighted by Crippen LogP contribution is -1.98. The molecule has 4 rings (SSSR count). The molecule has 0 radical (unpaired) electrons. The van der Waals surface area contributed by atoms with Crippen molar-refractivity contribution in [2.24, 2.45) is 0 Å². The quantitative estimate of drug-likeness (QED) is 0.0781. The van der Waals surface area contributed by atoms with Crippen LogP contribution >= 0.6 is 0 Å². The standard InChI is InChI=1S/C43H58N2/c1-3-5-7-12-16-40-32-38(26-28-42(40)44)30-36-22-18-34(19-23-36)14-10-9-11-15-35-20-24-37(25-21-35)31-39-27-29-43(45)41(33-39)17-13-8-6-4-2/h18-29,32-33H,3-17,30-31,44-45H2,1-2H3. The molecular weight excluding hydrogens is 544 g/mol. The van der Waals surface area contributed by atoms with Crippen molar-refractivity contribution in [1.82, 2.24) is 0 Å². The maximum atomic E-state index is 6.27. The summed E-state index contributed by atoms with van der Waals surface area (Å²) >= 11 is 0. The number of nitrogen functional groups attached to an aromatic ring is 2. The molecule has 0 unspecified atom stereocenters. The van der Waals surface area contributed by atoms with Crippen molar-refractivity contribution in [3.8, 4) is 0 Å².